The van der Waals surface area contributed by atoms with Gasteiger partial charge in [-0.3, -0.25) is 0 Å². The summed E-state index contributed by atoms with van der Waals surface area (Å²) < 4.78 is 9.99. The Kier molecular flexibility index (Phi) is 24.1. The molecule has 0 heterocycles. The van der Waals surface area contributed by atoms with E-state index in [4.69, 9.17) is 9.84 Å². The summed E-state index contributed by atoms with van der Waals surface area (Å²) in [4.78, 5) is 0. The number of alkyl halides is 6. The molecule has 2 aromatic rings. The fraction of sp³-hybridized carbons (Fsp3) is 0.368. The van der Waals surface area contributed by atoms with E-state index in [1.807, 2.05) is 6.92 Å². The van der Waals surface area contributed by atoms with Crippen LogP contribution in [0.2, 0.25) is 0 Å². The second-order valence-electron chi connectivity index (χ2n) is 5.57. The van der Waals surface area contributed by atoms with Crippen LogP contribution in [0.4, 0.5) is 0 Å². The maximum Gasteiger partial charge on any atom is 1.00 e. The average Bonchev–Trinajstić information content (AvgIpc) is 2.71. The molecule has 0 aliphatic carbocycles. The van der Waals surface area contributed by atoms with E-state index >= 15 is 0 Å². The third kappa shape index (κ3) is 12.8. The number of halogens is 10. The smallest absolute Gasteiger partial charge is 0.857 e. The Hall–Kier alpha value is 4.16. The van der Waals surface area contributed by atoms with Crippen molar-refractivity contribution in [2.75, 3.05) is 14.2 Å². The van der Waals surface area contributed by atoms with Gasteiger partial charge in [0.2, 0.25) is 0 Å². The predicted octanol–water partition coefficient (Wildman–Crippen LogP) is 8.48. The first kappa shape index (κ1) is 38.3. The molecule has 32 heavy (non-hydrogen) atoms. The Labute approximate surface area is 296 Å². The van der Waals surface area contributed by atoms with E-state index in [1.54, 1.807) is 7.11 Å². The van der Waals surface area contributed by atoms with Crippen LogP contribution in [-0.2, 0) is 4.74 Å². The van der Waals surface area contributed by atoms with Gasteiger partial charge in [0.05, 0.1) is 17.3 Å². The normalized spacial score (nSPS) is 11.4. The van der Waals surface area contributed by atoms with E-state index in [0.29, 0.717) is 0 Å². The van der Waals surface area contributed by atoms with E-state index in [2.05, 4.69) is 184 Å². The topological polar surface area (TPSA) is 32.3 Å². The number of hydrogen-bond acceptors (Lipinski definition) is 2. The fourth-order valence-electron chi connectivity index (χ4n) is 2.10. The standard InChI is InChI=1S/C10H10Br4O.C8H4Br6.CH3O.Na/c1-5(15-2)6-3-9(12)7(10(13)14)4-8(6)11;9-5-1-3(7(11)12)6(10)2-4(5)8(13)14;1-2;/h3-5,10H,1-2H3;1-2,7-8H;1H3;/q;;-1;+1. The van der Waals surface area contributed by atoms with Gasteiger partial charge in [0.25, 0.3) is 0 Å². The Balaban J connectivity index is 0. The van der Waals surface area contributed by atoms with Gasteiger partial charge in [-0.05, 0) is 53.4 Å². The molecule has 13 heteroatoms. The van der Waals surface area contributed by atoms with Gasteiger partial charge in [0.1, 0.15) is 0 Å². The van der Waals surface area contributed by atoms with Crippen LogP contribution in [-0.4, -0.2) is 14.2 Å². The van der Waals surface area contributed by atoms with Crippen molar-refractivity contribution in [2.45, 2.75) is 24.2 Å². The minimum atomic E-state index is 0. The molecule has 0 saturated heterocycles. The molecular formula is C19H17Br10NaO2. The number of ether oxygens (including phenoxy) is 1. The van der Waals surface area contributed by atoms with E-state index in [9.17, 15) is 0 Å². The van der Waals surface area contributed by atoms with Crippen molar-refractivity contribution in [3.8, 4) is 0 Å². The third-order valence-electron chi connectivity index (χ3n) is 3.73. The van der Waals surface area contributed by atoms with Crippen LogP contribution in [0.15, 0.2) is 42.2 Å². The zero-order valence-electron chi connectivity index (χ0n) is 17.2. The van der Waals surface area contributed by atoms with Gasteiger partial charge in [-0.25, -0.2) is 0 Å². The molecule has 0 aliphatic rings. The number of rotatable bonds is 5. The minimum absolute atomic E-state index is 0. The summed E-state index contributed by atoms with van der Waals surface area (Å²) in [5.41, 5.74) is 4.59. The molecule has 1 unspecified atom stereocenters. The van der Waals surface area contributed by atoms with Crippen molar-refractivity contribution in [1.29, 1.82) is 0 Å². The van der Waals surface area contributed by atoms with Crippen LogP contribution in [0, 0.1) is 0 Å². The number of benzene rings is 2. The molecule has 2 nitrogen and oxygen atoms in total. The molecule has 0 aromatic heterocycles. The predicted molar refractivity (Wildman–Crippen MR) is 167 cm³/mol. The SMILES string of the molecule is Brc1cc(C(Br)Br)c(Br)cc1C(Br)Br.COC(C)c1cc(Br)c(C(Br)Br)cc1Br.C[O-].[Na+]. The van der Waals surface area contributed by atoms with Crippen molar-refractivity contribution in [2.24, 2.45) is 0 Å². The molecule has 2 rings (SSSR count). The first-order chi connectivity index (χ1) is 14.4. The molecule has 0 amide bonds. The van der Waals surface area contributed by atoms with Crippen LogP contribution in [0.1, 0.15) is 46.5 Å². The Bertz CT molecular complexity index is 800. The quantitative estimate of drug-likeness (QED) is 0.223. The first-order valence-corrected chi connectivity index (χ1v) is 16.8. The molecule has 0 fully saturated rings. The average molecular weight is 1100 g/mol. The third-order valence-corrected chi connectivity index (χ3v) is 9.44. The van der Waals surface area contributed by atoms with Crippen molar-refractivity contribution in [3.63, 3.8) is 0 Å². The fourth-order valence-corrected chi connectivity index (χ4v) is 8.66. The molecular weight excluding hydrogens is 1080 g/mol. The van der Waals surface area contributed by atoms with Crippen LogP contribution >= 0.6 is 159 Å². The molecule has 0 bridgehead atoms. The van der Waals surface area contributed by atoms with Crippen molar-refractivity contribution < 1.29 is 39.4 Å². The van der Waals surface area contributed by atoms with E-state index in [1.165, 1.54) is 0 Å². The molecule has 0 N–H and O–H groups in total. The largest absolute Gasteiger partial charge is 1.00 e. The maximum atomic E-state index is 8.25. The van der Waals surface area contributed by atoms with Crippen LogP contribution < -0.4 is 34.7 Å². The second-order valence-corrected chi connectivity index (χ2v) is 18.2. The summed E-state index contributed by atoms with van der Waals surface area (Å²) in [6.07, 6.45) is 0.0776. The summed E-state index contributed by atoms with van der Waals surface area (Å²) in [7, 11) is 2.46. The summed E-state index contributed by atoms with van der Waals surface area (Å²) in [6, 6.07) is 8.29. The molecule has 0 spiro atoms. The summed E-state index contributed by atoms with van der Waals surface area (Å²) >= 11 is 35.0. The van der Waals surface area contributed by atoms with Gasteiger partial charge >= 0.3 is 29.6 Å². The molecule has 2 aromatic carbocycles. The molecule has 1 atom stereocenters. The number of hydrogen-bond donors (Lipinski definition) is 0. The Morgan fingerprint density at radius 3 is 1.03 bits per heavy atom. The van der Waals surface area contributed by atoms with E-state index in [0.717, 1.165) is 47.3 Å². The zero-order valence-corrected chi connectivity index (χ0v) is 35.1. The Morgan fingerprint density at radius 1 is 0.594 bits per heavy atom. The summed E-state index contributed by atoms with van der Waals surface area (Å²) in [5, 5.41) is 8.25. The molecule has 0 radical (unpaired) electrons. The Morgan fingerprint density at radius 2 is 0.812 bits per heavy atom. The van der Waals surface area contributed by atoms with Crippen LogP contribution in [0.25, 0.3) is 0 Å². The van der Waals surface area contributed by atoms with Gasteiger partial charge in [-0.15, -0.1) is 0 Å². The van der Waals surface area contributed by atoms with Gasteiger partial charge in [-0.1, -0.05) is 159 Å². The monoisotopic (exact) mass is 1090 g/mol. The van der Waals surface area contributed by atoms with Gasteiger partial charge in [0.15, 0.2) is 0 Å². The minimum Gasteiger partial charge on any atom is -0.857 e. The van der Waals surface area contributed by atoms with Crippen LogP contribution in [0.3, 0.4) is 0 Å². The molecule has 0 aliphatic heterocycles. The van der Waals surface area contributed by atoms with Crippen LogP contribution in [0.5, 0.6) is 0 Å². The maximum absolute atomic E-state index is 8.25. The van der Waals surface area contributed by atoms with Gasteiger partial charge in [0, 0.05) is 25.0 Å². The van der Waals surface area contributed by atoms with Crippen molar-refractivity contribution >= 4 is 159 Å². The second kappa shape index (κ2) is 20.1. The van der Waals surface area contributed by atoms with Gasteiger partial charge < -0.3 is 9.84 Å². The first-order valence-electron chi connectivity index (χ1n) is 8.16. The summed E-state index contributed by atoms with van der Waals surface area (Å²) in [6.45, 7) is 2.02. The van der Waals surface area contributed by atoms with Gasteiger partial charge in [-0.2, -0.15) is 7.11 Å². The van der Waals surface area contributed by atoms with E-state index in [-0.39, 0.29) is 46.9 Å². The zero-order chi connectivity index (χ0) is 24.5. The molecule has 0 saturated carbocycles. The van der Waals surface area contributed by atoms with Crippen molar-refractivity contribution in [3.05, 3.63) is 64.4 Å². The number of methoxy groups -OCH3 is 1. The van der Waals surface area contributed by atoms with E-state index < -0.39 is 0 Å². The van der Waals surface area contributed by atoms with Crippen molar-refractivity contribution in [1.82, 2.24) is 0 Å². The summed E-state index contributed by atoms with van der Waals surface area (Å²) in [5.74, 6) is 0. The molecule has 176 valence electrons.